The molecule has 0 saturated carbocycles. The summed E-state index contributed by atoms with van der Waals surface area (Å²) < 4.78 is 18.4. The summed E-state index contributed by atoms with van der Waals surface area (Å²) in [4.78, 5) is 24.9. The van der Waals surface area contributed by atoms with E-state index in [9.17, 15) is 25.2 Å². The van der Waals surface area contributed by atoms with Gasteiger partial charge in [-0.2, -0.15) is 20.7 Å². The van der Waals surface area contributed by atoms with Crippen LogP contribution in [0.5, 0.6) is 0 Å². The minimum atomic E-state index is -1.28. The van der Waals surface area contributed by atoms with Crippen LogP contribution in [0.15, 0.2) is 53.5 Å². The SMILES string of the molecule is Cn1ncc(-c2cc(C#N)c3c(=O)n(C(C)(C)C)nc(CNC(=O)O)c3c2)c1-c1c(F)cc2ccccc2c1C#N. The molecule has 5 rings (SSSR count). The van der Waals surface area contributed by atoms with Crippen LogP contribution in [-0.2, 0) is 19.1 Å². The lowest BCUT2D eigenvalue weighted by atomic mass is 9.92. The number of amides is 1. The quantitative estimate of drug-likeness (QED) is 0.319. The van der Waals surface area contributed by atoms with Gasteiger partial charge in [0.05, 0.1) is 51.7 Å². The van der Waals surface area contributed by atoms with Crippen molar-refractivity contribution in [2.75, 3.05) is 0 Å². The van der Waals surface area contributed by atoms with E-state index in [0.29, 0.717) is 27.6 Å². The summed E-state index contributed by atoms with van der Waals surface area (Å²) in [6, 6.07) is 15.7. The fourth-order valence-electron chi connectivity index (χ4n) is 5.02. The van der Waals surface area contributed by atoms with Crippen LogP contribution in [0.4, 0.5) is 9.18 Å². The zero-order valence-electron chi connectivity index (χ0n) is 22.7. The molecule has 0 atom stereocenters. The molecule has 11 heteroatoms. The van der Waals surface area contributed by atoms with Crippen LogP contribution in [0, 0.1) is 28.5 Å². The van der Waals surface area contributed by atoms with Crippen molar-refractivity contribution in [3.05, 3.63) is 81.7 Å². The minimum Gasteiger partial charge on any atom is -0.465 e. The maximum absolute atomic E-state index is 15.7. The molecular weight excluding hydrogens is 525 g/mol. The van der Waals surface area contributed by atoms with Crippen molar-refractivity contribution in [2.45, 2.75) is 32.9 Å². The lowest BCUT2D eigenvalue weighted by Crippen LogP contribution is -2.38. The summed E-state index contributed by atoms with van der Waals surface area (Å²) in [5, 5.41) is 42.0. The van der Waals surface area contributed by atoms with Crippen molar-refractivity contribution in [3.63, 3.8) is 0 Å². The Morgan fingerprint density at radius 1 is 1.12 bits per heavy atom. The zero-order valence-corrected chi connectivity index (χ0v) is 22.7. The number of benzene rings is 3. The highest BCUT2D eigenvalue weighted by Gasteiger charge is 2.26. The molecule has 0 radical (unpaired) electrons. The van der Waals surface area contributed by atoms with Crippen molar-refractivity contribution in [1.82, 2.24) is 24.9 Å². The smallest absolute Gasteiger partial charge is 0.404 e. The molecule has 0 bridgehead atoms. The van der Waals surface area contributed by atoms with E-state index in [1.165, 1.54) is 27.7 Å². The van der Waals surface area contributed by atoms with Gasteiger partial charge in [0.1, 0.15) is 18.0 Å². The first-order valence-corrected chi connectivity index (χ1v) is 12.6. The van der Waals surface area contributed by atoms with Crippen LogP contribution in [0.25, 0.3) is 43.9 Å². The van der Waals surface area contributed by atoms with Crippen LogP contribution in [-0.4, -0.2) is 30.8 Å². The zero-order chi connectivity index (χ0) is 29.6. The number of hydrogen-bond donors (Lipinski definition) is 2. The van der Waals surface area contributed by atoms with Gasteiger partial charge in [0.2, 0.25) is 0 Å². The number of nitrogens with one attached hydrogen (secondary N) is 1. The number of rotatable bonds is 4. The number of halogens is 1. The summed E-state index contributed by atoms with van der Waals surface area (Å²) in [5.74, 6) is -0.618. The van der Waals surface area contributed by atoms with E-state index in [4.69, 9.17) is 0 Å². The molecule has 0 aliphatic carbocycles. The molecule has 0 spiro atoms. The van der Waals surface area contributed by atoms with E-state index in [0.717, 1.165) is 0 Å². The molecule has 0 aliphatic rings. The normalized spacial score (nSPS) is 11.4. The first-order chi connectivity index (χ1) is 19.5. The molecule has 0 aliphatic heterocycles. The molecule has 2 aromatic heterocycles. The Balaban J connectivity index is 1.85. The van der Waals surface area contributed by atoms with Crippen molar-refractivity contribution in [3.8, 4) is 34.5 Å². The highest BCUT2D eigenvalue weighted by molar-refractivity contribution is 5.99. The van der Waals surface area contributed by atoms with E-state index in [1.807, 2.05) is 0 Å². The molecule has 1 amide bonds. The van der Waals surface area contributed by atoms with Crippen LogP contribution >= 0.6 is 0 Å². The monoisotopic (exact) mass is 549 g/mol. The van der Waals surface area contributed by atoms with Crippen molar-refractivity contribution in [1.29, 1.82) is 10.5 Å². The fourth-order valence-corrected chi connectivity index (χ4v) is 5.02. The number of carboxylic acid groups (broad SMARTS) is 1. The van der Waals surface area contributed by atoms with Gasteiger partial charge in [-0.25, -0.2) is 13.9 Å². The molecule has 5 aromatic rings. The second kappa shape index (κ2) is 9.88. The summed E-state index contributed by atoms with van der Waals surface area (Å²) in [5.41, 5.74) is 0.314. The summed E-state index contributed by atoms with van der Waals surface area (Å²) >= 11 is 0. The number of carbonyl (C=O) groups is 1. The van der Waals surface area contributed by atoms with Crippen LogP contribution in [0.1, 0.15) is 37.6 Å². The minimum absolute atomic E-state index is 0.0359. The molecule has 3 aromatic carbocycles. The van der Waals surface area contributed by atoms with E-state index < -0.39 is 23.0 Å². The molecule has 0 unspecified atom stereocenters. The second-order valence-corrected chi connectivity index (χ2v) is 10.5. The molecule has 41 heavy (non-hydrogen) atoms. The van der Waals surface area contributed by atoms with Crippen molar-refractivity contribution in [2.24, 2.45) is 7.05 Å². The Kier molecular flexibility index (Phi) is 6.52. The van der Waals surface area contributed by atoms with Crippen molar-refractivity contribution < 1.29 is 14.3 Å². The van der Waals surface area contributed by atoms with E-state index in [-0.39, 0.29) is 39.7 Å². The summed E-state index contributed by atoms with van der Waals surface area (Å²) in [6.07, 6.45) is 0.211. The van der Waals surface area contributed by atoms with Crippen LogP contribution < -0.4 is 10.9 Å². The average Bonchev–Trinajstić information content (AvgIpc) is 3.30. The number of fused-ring (bicyclic) bond motifs is 2. The lowest BCUT2D eigenvalue weighted by molar-refractivity contribution is 0.193. The Morgan fingerprint density at radius 2 is 1.85 bits per heavy atom. The molecule has 204 valence electrons. The van der Waals surface area contributed by atoms with Gasteiger partial charge in [-0.1, -0.05) is 24.3 Å². The van der Waals surface area contributed by atoms with Gasteiger partial charge in [-0.3, -0.25) is 9.48 Å². The first-order valence-electron chi connectivity index (χ1n) is 12.6. The first kappa shape index (κ1) is 27.0. The fraction of sp³-hybridized carbons (Fsp3) is 0.200. The largest absolute Gasteiger partial charge is 0.465 e. The Bertz CT molecular complexity index is 2040. The van der Waals surface area contributed by atoms with Gasteiger partial charge in [0.25, 0.3) is 5.56 Å². The van der Waals surface area contributed by atoms with Crippen LogP contribution in [0.2, 0.25) is 0 Å². The molecule has 10 nitrogen and oxygen atoms in total. The van der Waals surface area contributed by atoms with Gasteiger partial charge in [-0.05, 0) is 49.9 Å². The maximum atomic E-state index is 15.7. The van der Waals surface area contributed by atoms with E-state index in [1.54, 1.807) is 58.2 Å². The molecular formula is C30H24FN7O3. The van der Waals surface area contributed by atoms with Gasteiger partial charge in [0.15, 0.2) is 0 Å². The molecule has 0 fully saturated rings. The Labute approximate surface area is 233 Å². The lowest BCUT2D eigenvalue weighted by Gasteiger charge is -2.23. The van der Waals surface area contributed by atoms with Gasteiger partial charge < -0.3 is 10.4 Å². The number of aryl methyl sites for hydroxylation is 1. The molecule has 2 N–H and O–H groups in total. The Morgan fingerprint density at radius 3 is 2.51 bits per heavy atom. The molecule has 2 heterocycles. The number of nitriles is 2. The van der Waals surface area contributed by atoms with Gasteiger partial charge in [-0.15, -0.1) is 0 Å². The maximum Gasteiger partial charge on any atom is 0.404 e. The number of aromatic nitrogens is 4. The third kappa shape index (κ3) is 4.53. The highest BCUT2D eigenvalue weighted by atomic mass is 19.1. The third-order valence-corrected chi connectivity index (χ3v) is 6.84. The molecule has 0 saturated heterocycles. The van der Waals surface area contributed by atoms with Gasteiger partial charge in [0, 0.05) is 23.4 Å². The Hall–Kier alpha value is -5.55. The second-order valence-electron chi connectivity index (χ2n) is 10.5. The number of hydrogen-bond acceptors (Lipinski definition) is 6. The number of nitrogens with zero attached hydrogens (tertiary/aromatic N) is 6. The highest BCUT2D eigenvalue weighted by Crippen LogP contribution is 2.39. The predicted molar refractivity (Wildman–Crippen MR) is 150 cm³/mol. The van der Waals surface area contributed by atoms with E-state index in [2.05, 4.69) is 27.7 Å². The van der Waals surface area contributed by atoms with Crippen molar-refractivity contribution >= 4 is 27.6 Å². The third-order valence-electron chi connectivity index (χ3n) is 6.84. The average molecular weight is 550 g/mol. The summed E-state index contributed by atoms with van der Waals surface area (Å²) in [7, 11) is 1.62. The van der Waals surface area contributed by atoms with Gasteiger partial charge >= 0.3 is 6.09 Å². The predicted octanol–water partition coefficient (Wildman–Crippen LogP) is 5.02. The van der Waals surface area contributed by atoms with E-state index >= 15 is 4.39 Å². The standard InChI is InChI=1S/C30H24FN7O3/c1-30(2,3)38-28(39)25-18(12-32)9-17(10-20(25)24(36-38)15-34-29(40)41)22-14-35-37(4)27(22)26-21(13-33)19-8-6-5-7-16(19)11-23(26)31/h5-11,14,34H,15H2,1-4H3,(H,40,41). The van der Waals surface area contributed by atoms with Crippen LogP contribution in [0.3, 0.4) is 0 Å². The topological polar surface area (TPSA) is 150 Å². The summed E-state index contributed by atoms with van der Waals surface area (Å²) in [6.45, 7) is 5.09.